The van der Waals surface area contributed by atoms with Crippen LogP contribution in [0.4, 0.5) is 19.3 Å². The van der Waals surface area contributed by atoms with Crippen molar-refractivity contribution in [3.05, 3.63) is 46.8 Å². The zero-order valence-corrected chi connectivity index (χ0v) is 15.8. The number of halogens is 2. The number of nitrogens with zero attached hydrogens (tertiary/aromatic N) is 3. The molecule has 1 aliphatic heterocycles. The minimum absolute atomic E-state index is 0.312. The van der Waals surface area contributed by atoms with Crippen LogP contribution in [0.3, 0.4) is 0 Å². The molecule has 8 nitrogen and oxygen atoms in total. The van der Waals surface area contributed by atoms with E-state index in [-0.39, 0.29) is 5.56 Å². The first-order chi connectivity index (χ1) is 13.0. The second-order valence-corrected chi connectivity index (χ2v) is 6.79. The van der Waals surface area contributed by atoms with E-state index in [9.17, 15) is 23.2 Å². The highest BCUT2D eigenvalue weighted by Gasteiger charge is 2.50. The molecular weight excluding hydrogens is 372 g/mol. The molecule has 1 aromatic heterocycles. The van der Waals surface area contributed by atoms with Gasteiger partial charge in [-0.2, -0.15) is 5.10 Å². The third kappa shape index (κ3) is 3.10. The largest absolute Gasteiger partial charge is 0.325 e. The standard InChI is InChI=1S/C18H19F2N5O3/c1-9-15(10(2)24(4)23-9)21-14(26)8-25-16(27)18(3,22-17(25)28)12-7-11(19)5-6-13(12)20/h5-7H,8H2,1-4H3,(H,21,26)(H,22,28)/t18-/m1/s1. The zero-order valence-electron chi connectivity index (χ0n) is 15.8. The number of hydrogen-bond acceptors (Lipinski definition) is 4. The van der Waals surface area contributed by atoms with Gasteiger partial charge in [0.1, 0.15) is 23.7 Å². The van der Waals surface area contributed by atoms with Crippen LogP contribution < -0.4 is 10.6 Å². The fraction of sp³-hybridized carbons (Fsp3) is 0.333. The lowest BCUT2D eigenvalue weighted by Gasteiger charge is -2.22. The molecule has 1 aliphatic rings. The number of nitrogens with one attached hydrogen (secondary N) is 2. The average molecular weight is 391 g/mol. The van der Waals surface area contributed by atoms with Gasteiger partial charge in [0.05, 0.1) is 17.1 Å². The zero-order chi connectivity index (χ0) is 20.8. The Morgan fingerprint density at radius 2 is 1.96 bits per heavy atom. The molecule has 0 saturated carbocycles. The number of carbonyl (C=O) groups is 3. The Labute approximate surface area is 159 Å². The molecule has 10 heteroatoms. The van der Waals surface area contributed by atoms with E-state index < -0.39 is 41.6 Å². The number of aryl methyl sites for hydroxylation is 2. The normalized spacial score (nSPS) is 19.1. The molecule has 2 N–H and O–H groups in total. The van der Waals surface area contributed by atoms with Gasteiger partial charge in [0, 0.05) is 12.6 Å². The fourth-order valence-electron chi connectivity index (χ4n) is 3.18. The molecule has 3 rings (SSSR count). The van der Waals surface area contributed by atoms with Gasteiger partial charge in [-0.25, -0.2) is 13.6 Å². The number of urea groups is 1. The molecule has 1 aromatic carbocycles. The predicted molar refractivity (Wildman–Crippen MR) is 95.3 cm³/mol. The minimum atomic E-state index is -1.82. The molecule has 2 heterocycles. The lowest BCUT2D eigenvalue weighted by molar-refractivity contribution is -0.133. The Bertz CT molecular complexity index is 1000. The van der Waals surface area contributed by atoms with Gasteiger partial charge in [0.2, 0.25) is 5.91 Å². The summed E-state index contributed by atoms with van der Waals surface area (Å²) in [5, 5.41) is 9.14. The third-order valence-electron chi connectivity index (χ3n) is 4.82. The second kappa shape index (κ2) is 6.70. The summed E-state index contributed by atoms with van der Waals surface area (Å²) in [6, 6.07) is 1.76. The van der Waals surface area contributed by atoms with E-state index in [1.807, 2.05) is 0 Å². The first kappa shape index (κ1) is 19.5. The summed E-state index contributed by atoms with van der Waals surface area (Å²) in [5.74, 6) is -3.06. The number of amides is 4. The molecule has 148 valence electrons. The maximum atomic E-state index is 14.2. The number of hydrogen-bond donors (Lipinski definition) is 2. The smallest absolute Gasteiger partial charge is 0.321 e. The van der Waals surface area contributed by atoms with Gasteiger partial charge in [-0.1, -0.05) is 0 Å². The van der Waals surface area contributed by atoms with Gasteiger partial charge in [-0.3, -0.25) is 19.2 Å². The minimum Gasteiger partial charge on any atom is -0.321 e. The molecule has 28 heavy (non-hydrogen) atoms. The first-order valence-corrected chi connectivity index (χ1v) is 8.44. The Morgan fingerprint density at radius 3 is 2.57 bits per heavy atom. The molecule has 0 unspecified atom stereocenters. The molecule has 0 bridgehead atoms. The maximum absolute atomic E-state index is 14.2. The number of carbonyl (C=O) groups excluding carboxylic acids is 3. The molecule has 1 fully saturated rings. The van der Waals surface area contributed by atoms with Crippen molar-refractivity contribution in [1.29, 1.82) is 0 Å². The quantitative estimate of drug-likeness (QED) is 0.776. The van der Waals surface area contributed by atoms with Crippen molar-refractivity contribution in [2.75, 3.05) is 11.9 Å². The van der Waals surface area contributed by atoms with Crippen molar-refractivity contribution >= 4 is 23.5 Å². The van der Waals surface area contributed by atoms with E-state index in [2.05, 4.69) is 15.7 Å². The van der Waals surface area contributed by atoms with Crippen molar-refractivity contribution in [3.8, 4) is 0 Å². The third-order valence-corrected chi connectivity index (χ3v) is 4.82. The van der Waals surface area contributed by atoms with Crippen LogP contribution in [0.5, 0.6) is 0 Å². The highest BCUT2D eigenvalue weighted by molar-refractivity contribution is 6.10. The van der Waals surface area contributed by atoms with Crippen molar-refractivity contribution < 1.29 is 23.2 Å². The Balaban J connectivity index is 1.82. The molecule has 0 aliphatic carbocycles. The van der Waals surface area contributed by atoms with Crippen molar-refractivity contribution in [2.24, 2.45) is 7.05 Å². The summed E-state index contributed by atoms with van der Waals surface area (Å²) >= 11 is 0. The van der Waals surface area contributed by atoms with Gasteiger partial charge < -0.3 is 10.6 Å². The molecule has 1 atom stereocenters. The van der Waals surface area contributed by atoms with Gasteiger partial charge in [0.15, 0.2) is 0 Å². The van der Waals surface area contributed by atoms with E-state index >= 15 is 0 Å². The topological polar surface area (TPSA) is 96.3 Å². The SMILES string of the molecule is Cc1nn(C)c(C)c1NC(=O)CN1C(=O)N[C@](C)(c2cc(F)ccc2F)C1=O. The number of benzene rings is 1. The highest BCUT2D eigenvalue weighted by Crippen LogP contribution is 2.31. The van der Waals surface area contributed by atoms with E-state index in [4.69, 9.17) is 0 Å². The van der Waals surface area contributed by atoms with Gasteiger partial charge in [-0.15, -0.1) is 0 Å². The first-order valence-electron chi connectivity index (χ1n) is 8.44. The monoisotopic (exact) mass is 391 g/mol. The van der Waals surface area contributed by atoms with Crippen LogP contribution in [-0.4, -0.2) is 39.1 Å². The summed E-state index contributed by atoms with van der Waals surface area (Å²) in [6.45, 7) is 4.15. The van der Waals surface area contributed by atoms with Crippen molar-refractivity contribution in [2.45, 2.75) is 26.3 Å². The Kier molecular flexibility index (Phi) is 4.66. The summed E-state index contributed by atoms with van der Waals surface area (Å²) in [6.07, 6.45) is 0. The molecule has 4 amide bonds. The van der Waals surface area contributed by atoms with Crippen molar-refractivity contribution in [1.82, 2.24) is 20.0 Å². The summed E-state index contributed by atoms with van der Waals surface area (Å²) in [5.41, 5.74) is -0.359. The molecule has 2 aromatic rings. The van der Waals surface area contributed by atoms with E-state index in [1.165, 1.54) is 6.92 Å². The second-order valence-electron chi connectivity index (χ2n) is 6.79. The van der Waals surface area contributed by atoms with Crippen LogP contribution >= 0.6 is 0 Å². The number of rotatable bonds is 4. The van der Waals surface area contributed by atoms with Gasteiger partial charge in [0.25, 0.3) is 5.91 Å². The Morgan fingerprint density at radius 1 is 1.29 bits per heavy atom. The summed E-state index contributed by atoms with van der Waals surface area (Å²) < 4.78 is 29.3. The molecule has 1 saturated heterocycles. The van der Waals surface area contributed by atoms with E-state index in [0.717, 1.165) is 18.2 Å². The highest BCUT2D eigenvalue weighted by atomic mass is 19.1. The summed E-state index contributed by atoms with van der Waals surface area (Å²) in [4.78, 5) is 38.1. The average Bonchev–Trinajstić information content (AvgIpc) is 2.98. The fourth-order valence-corrected chi connectivity index (χ4v) is 3.18. The van der Waals surface area contributed by atoms with Crippen LogP contribution in [0.25, 0.3) is 0 Å². The maximum Gasteiger partial charge on any atom is 0.325 e. The number of anilines is 1. The molecule has 0 radical (unpaired) electrons. The van der Waals surface area contributed by atoms with Crippen LogP contribution in [0, 0.1) is 25.5 Å². The number of imide groups is 1. The van der Waals surface area contributed by atoms with Crippen LogP contribution in [-0.2, 0) is 22.2 Å². The summed E-state index contributed by atoms with van der Waals surface area (Å²) in [7, 11) is 1.72. The molecular formula is C18H19F2N5O3. The van der Waals surface area contributed by atoms with E-state index in [1.54, 1.807) is 25.6 Å². The van der Waals surface area contributed by atoms with Crippen LogP contribution in [0.2, 0.25) is 0 Å². The van der Waals surface area contributed by atoms with Crippen molar-refractivity contribution in [3.63, 3.8) is 0 Å². The van der Waals surface area contributed by atoms with Crippen LogP contribution in [0.15, 0.2) is 18.2 Å². The Hall–Kier alpha value is -3.30. The van der Waals surface area contributed by atoms with Gasteiger partial charge in [-0.05, 0) is 39.0 Å². The van der Waals surface area contributed by atoms with Gasteiger partial charge >= 0.3 is 6.03 Å². The lowest BCUT2D eigenvalue weighted by atomic mass is 9.91. The van der Waals surface area contributed by atoms with E-state index in [0.29, 0.717) is 22.0 Å². The predicted octanol–water partition coefficient (Wildman–Crippen LogP) is 1.72. The molecule has 0 spiro atoms. The van der Waals surface area contributed by atoms with Crippen LogP contribution in [0.1, 0.15) is 23.9 Å². The number of aromatic nitrogens is 2. The lowest BCUT2D eigenvalue weighted by Crippen LogP contribution is -2.42.